The summed E-state index contributed by atoms with van der Waals surface area (Å²) in [4.78, 5) is 0. The van der Waals surface area contributed by atoms with Gasteiger partial charge in [0.05, 0.1) is 17.7 Å². The van der Waals surface area contributed by atoms with Gasteiger partial charge in [0.2, 0.25) is 0 Å². The molecule has 0 fully saturated rings. The minimum absolute atomic E-state index is 0.0848. The maximum absolute atomic E-state index is 3.74. The lowest BCUT2D eigenvalue weighted by Crippen LogP contribution is -2.15. The fourth-order valence-electron chi connectivity index (χ4n) is 3.39. The molecular weight excluding hydrogens is 324 g/mol. The molecule has 0 N–H and O–H groups in total. The molecule has 27 heavy (non-hydrogen) atoms. The van der Waals surface area contributed by atoms with Crippen LogP contribution in [0.4, 0.5) is 0 Å². The second-order valence-electron chi connectivity index (χ2n) is 8.94. The Kier molecular flexibility index (Phi) is 6.38. The van der Waals surface area contributed by atoms with Crippen molar-refractivity contribution >= 4 is 0 Å². The van der Waals surface area contributed by atoms with Crippen LogP contribution in [-0.4, -0.2) is 0 Å². The third-order valence-electron chi connectivity index (χ3n) is 5.20. The molecule has 0 amide bonds. The zero-order chi connectivity index (χ0) is 20.4. The number of hydrogen-bond acceptors (Lipinski definition) is 0. The van der Waals surface area contributed by atoms with E-state index in [1.165, 1.54) is 33.4 Å². The molecule has 0 heterocycles. The van der Waals surface area contributed by atoms with E-state index in [0.717, 1.165) is 11.1 Å². The standard InChI is InChI=1S/C27H34/c1-18(2)23-14-11-15-26(27(7,8)9)25(23)17-22(6)21(5)16-24-19(3)12-10-13-20(24)4/h10-15,18H,1-9H3/q+2. The van der Waals surface area contributed by atoms with Gasteiger partial charge in [0.1, 0.15) is 0 Å². The lowest BCUT2D eigenvalue weighted by atomic mass is 9.79. The summed E-state index contributed by atoms with van der Waals surface area (Å²) >= 11 is 0. The van der Waals surface area contributed by atoms with Crippen LogP contribution < -0.4 is 0 Å². The second-order valence-corrected chi connectivity index (χ2v) is 8.94. The summed E-state index contributed by atoms with van der Waals surface area (Å²) in [6.45, 7) is 19.9. The Hall–Kier alpha value is -2.26. The maximum atomic E-state index is 3.74. The van der Waals surface area contributed by atoms with Gasteiger partial charge in [-0.3, -0.25) is 0 Å². The minimum Gasteiger partial charge on any atom is -0.0499 e. The first-order valence-corrected chi connectivity index (χ1v) is 9.93. The van der Waals surface area contributed by atoms with Gasteiger partial charge in [-0.2, -0.15) is 0 Å². The van der Waals surface area contributed by atoms with Gasteiger partial charge in [0, 0.05) is 41.9 Å². The summed E-state index contributed by atoms with van der Waals surface area (Å²) in [5, 5.41) is 0. The Morgan fingerprint density at radius 1 is 0.778 bits per heavy atom. The van der Waals surface area contributed by atoms with Crippen molar-refractivity contribution in [2.45, 2.75) is 73.6 Å². The first-order chi connectivity index (χ1) is 12.5. The van der Waals surface area contributed by atoms with Crippen LogP contribution in [0, 0.1) is 26.0 Å². The van der Waals surface area contributed by atoms with Crippen molar-refractivity contribution in [3.8, 4) is 0 Å². The van der Waals surface area contributed by atoms with Crippen molar-refractivity contribution in [1.29, 1.82) is 0 Å². The van der Waals surface area contributed by atoms with Crippen LogP contribution in [0.1, 0.15) is 87.8 Å². The molecule has 2 rings (SSSR count). The molecule has 0 atom stereocenters. The molecule has 0 nitrogen and oxygen atoms in total. The topological polar surface area (TPSA) is 0 Å². The smallest absolute Gasteiger partial charge is 0.0499 e. The van der Waals surface area contributed by atoms with Crippen LogP contribution in [-0.2, 0) is 5.41 Å². The molecular formula is C27H34+2. The van der Waals surface area contributed by atoms with Gasteiger partial charge in [0.15, 0.2) is 22.3 Å². The van der Waals surface area contributed by atoms with Crippen LogP contribution in [0.2, 0.25) is 0 Å². The largest absolute Gasteiger partial charge is 0.164 e. The van der Waals surface area contributed by atoms with Gasteiger partial charge >= 0.3 is 0 Å². The van der Waals surface area contributed by atoms with Crippen molar-refractivity contribution < 1.29 is 0 Å². The predicted molar refractivity (Wildman–Crippen MR) is 118 cm³/mol. The molecule has 140 valence electrons. The highest BCUT2D eigenvalue weighted by Crippen LogP contribution is 2.32. The third kappa shape index (κ3) is 4.92. The molecule has 0 spiro atoms. The molecule has 0 aliphatic carbocycles. The van der Waals surface area contributed by atoms with E-state index in [1.54, 1.807) is 0 Å². The van der Waals surface area contributed by atoms with Crippen LogP contribution >= 0.6 is 0 Å². The molecule has 0 radical (unpaired) electrons. The summed E-state index contributed by atoms with van der Waals surface area (Å²) in [5.41, 5.74) is 10.1. The molecule has 0 heteroatoms. The summed E-state index contributed by atoms with van der Waals surface area (Å²) in [6, 6.07) is 13.1. The van der Waals surface area contributed by atoms with Crippen molar-refractivity contribution in [1.82, 2.24) is 0 Å². The normalized spacial score (nSPS) is 12.8. The molecule has 0 aromatic heterocycles. The highest BCUT2D eigenvalue weighted by atomic mass is 14.2. The van der Waals surface area contributed by atoms with Crippen LogP contribution in [0.3, 0.4) is 0 Å². The lowest BCUT2D eigenvalue weighted by molar-refractivity contribution is 0.585. The predicted octanol–water partition coefficient (Wildman–Crippen LogP) is 7.62. The maximum Gasteiger partial charge on any atom is 0.164 e. The van der Waals surface area contributed by atoms with E-state index in [-0.39, 0.29) is 5.41 Å². The molecule has 2 aromatic rings. The Morgan fingerprint density at radius 2 is 1.26 bits per heavy atom. The van der Waals surface area contributed by atoms with E-state index < -0.39 is 0 Å². The van der Waals surface area contributed by atoms with Crippen molar-refractivity contribution in [2.75, 3.05) is 0 Å². The monoisotopic (exact) mass is 358 g/mol. The number of benzene rings is 2. The zero-order valence-electron chi connectivity index (χ0n) is 18.5. The van der Waals surface area contributed by atoms with Gasteiger partial charge in [-0.05, 0) is 84.9 Å². The van der Waals surface area contributed by atoms with E-state index in [0.29, 0.717) is 5.92 Å². The van der Waals surface area contributed by atoms with Crippen LogP contribution in [0.15, 0.2) is 47.5 Å². The fraction of sp³-hybridized carbons (Fsp3) is 0.407. The first kappa shape index (κ1) is 21.0. The first-order valence-electron chi connectivity index (χ1n) is 9.93. The molecule has 0 unspecified atom stereocenters. The summed E-state index contributed by atoms with van der Waals surface area (Å²) in [6.07, 6.45) is 7.37. The van der Waals surface area contributed by atoms with Crippen LogP contribution in [0.25, 0.3) is 0 Å². The average molecular weight is 359 g/mol. The molecule has 0 aliphatic heterocycles. The van der Waals surface area contributed by atoms with Crippen molar-refractivity contribution in [2.24, 2.45) is 0 Å². The summed E-state index contributed by atoms with van der Waals surface area (Å²) < 4.78 is 0. The minimum atomic E-state index is 0.0848. The Morgan fingerprint density at radius 3 is 1.74 bits per heavy atom. The van der Waals surface area contributed by atoms with Gasteiger partial charge in [-0.15, -0.1) is 0 Å². The van der Waals surface area contributed by atoms with Gasteiger partial charge in [0.25, 0.3) is 0 Å². The molecule has 0 aliphatic rings. The van der Waals surface area contributed by atoms with Crippen LogP contribution in [0.5, 0.6) is 0 Å². The van der Waals surface area contributed by atoms with Gasteiger partial charge in [-0.25, -0.2) is 0 Å². The summed E-state index contributed by atoms with van der Waals surface area (Å²) in [5.74, 6) is 0.467. The number of hydrogen-bond donors (Lipinski definition) is 0. The molecule has 2 aromatic carbocycles. The molecule has 0 saturated heterocycles. The Labute approximate surface area is 167 Å². The van der Waals surface area contributed by atoms with Crippen molar-refractivity contribution in [3.05, 3.63) is 93.1 Å². The molecule has 0 saturated carbocycles. The van der Waals surface area contributed by atoms with E-state index in [4.69, 9.17) is 0 Å². The average Bonchev–Trinajstić information content (AvgIpc) is 2.57. The highest BCUT2D eigenvalue weighted by molar-refractivity contribution is 5.48. The van der Waals surface area contributed by atoms with E-state index in [1.807, 2.05) is 0 Å². The summed E-state index contributed by atoms with van der Waals surface area (Å²) in [7, 11) is 0. The third-order valence-corrected chi connectivity index (χ3v) is 5.20. The Balaban J connectivity index is 2.59. The Bertz CT molecular complexity index is 847. The number of allylic oxidation sites excluding steroid dienone is 2. The van der Waals surface area contributed by atoms with E-state index >= 15 is 0 Å². The lowest BCUT2D eigenvalue weighted by Gasteiger charge is -2.18. The highest BCUT2D eigenvalue weighted by Gasteiger charge is 2.28. The molecule has 0 bridgehead atoms. The van der Waals surface area contributed by atoms with Crippen molar-refractivity contribution in [3.63, 3.8) is 0 Å². The van der Waals surface area contributed by atoms with Gasteiger partial charge in [-0.1, -0.05) is 0 Å². The SMILES string of the molecule is CC(=[C+]c1c(C)cccc1C)C(C)=[C+]c1c(C(C)C)cccc1C(C)(C)C. The van der Waals surface area contributed by atoms with E-state index in [9.17, 15) is 0 Å². The van der Waals surface area contributed by atoms with E-state index in [2.05, 4.69) is 111 Å². The number of rotatable bonds is 4. The second kappa shape index (κ2) is 8.18. The zero-order valence-corrected chi connectivity index (χ0v) is 18.5. The number of aryl methyl sites for hydroxylation is 2. The fourth-order valence-corrected chi connectivity index (χ4v) is 3.39. The van der Waals surface area contributed by atoms with Gasteiger partial charge < -0.3 is 0 Å². The quantitative estimate of drug-likeness (QED) is 0.389.